The van der Waals surface area contributed by atoms with Gasteiger partial charge in [-0.3, -0.25) is 4.79 Å². The van der Waals surface area contributed by atoms with Crippen LogP contribution < -0.4 is 0 Å². The third-order valence-corrected chi connectivity index (χ3v) is 3.55. The van der Waals surface area contributed by atoms with Crippen LogP contribution in [-0.2, 0) is 10.9 Å². The number of hydrogen-bond donors (Lipinski definition) is 1. The molecule has 1 aromatic carbocycles. The Balaban J connectivity index is 2.54. The van der Waals surface area contributed by atoms with E-state index >= 15 is 0 Å². The summed E-state index contributed by atoms with van der Waals surface area (Å²) in [5.41, 5.74) is -1.95. The fourth-order valence-electron chi connectivity index (χ4n) is 2.40. The second-order valence-electron chi connectivity index (χ2n) is 4.69. The standard InChI is InChI=1S/C13H12F4O3/c1-5(20-2)10-11(18)6-3-8(13(15,16)17)9(14)4-7(6)12(10)19/h3-5,10,12,19H,1-2H3. The van der Waals surface area contributed by atoms with Gasteiger partial charge < -0.3 is 9.84 Å². The fraction of sp³-hybridized carbons (Fsp3) is 0.462. The van der Waals surface area contributed by atoms with E-state index < -0.39 is 41.5 Å². The molecule has 20 heavy (non-hydrogen) atoms. The van der Waals surface area contributed by atoms with Crippen LogP contribution in [0.4, 0.5) is 17.6 Å². The van der Waals surface area contributed by atoms with Crippen molar-refractivity contribution in [2.75, 3.05) is 7.11 Å². The molecule has 7 heteroatoms. The van der Waals surface area contributed by atoms with Crippen LogP contribution in [0, 0.1) is 11.7 Å². The van der Waals surface area contributed by atoms with E-state index in [1.54, 1.807) is 0 Å². The number of hydrogen-bond acceptors (Lipinski definition) is 3. The predicted octanol–water partition coefficient (Wildman–Crippen LogP) is 2.73. The van der Waals surface area contributed by atoms with Gasteiger partial charge in [0.2, 0.25) is 0 Å². The van der Waals surface area contributed by atoms with Crippen molar-refractivity contribution in [2.24, 2.45) is 5.92 Å². The molecule has 1 aliphatic rings. The van der Waals surface area contributed by atoms with Crippen molar-refractivity contribution in [2.45, 2.75) is 25.3 Å². The Morgan fingerprint density at radius 3 is 2.45 bits per heavy atom. The summed E-state index contributed by atoms with van der Waals surface area (Å²) in [5.74, 6) is -3.21. The number of ketones is 1. The largest absolute Gasteiger partial charge is 0.419 e. The van der Waals surface area contributed by atoms with E-state index in [0.717, 1.165) is 0 Å². The molecule has 0 saturated heterocycles. The number of aliphatic hydroxyl groups is 1. The first-order chi connectivity index (χ1) is 9.18. The van der Waals surface area contributed by atoms with Gasteiger partial charge in [0.05, 0.1) is 23.7 Å². The second kappa shape index (κ2) is 4.82. The molecule has 0 bridgehead atoms. The maximum Gasteiger partial charge on any atom is 0.419 e. The summed E-state index contributed by atoms with van der Waals surface area (Å²) < 4.78 is 56.3. The van der Waals surface area contributed by atoms with Gasteiger partial charge in [0, 0.05) is 12.7 Å². The number of Topliss-reactive ketones (excluding diaryl/α,β-unsaturated/α-hetero) is 1. The van der Waals surface area contributed by atoms with Gasteiger partial charge in [-0.05, 0) is 24.6 Å². The van der Waals surface area contributed by atoms with Gasteiger partial charge in [0.25, 0.3) is 0 Å². The highest BCUT2D eigenvalue weighted by Crippen LogP contribution is 2.42. The lowest BCUT2D eigenvalue weighted by Crippen LogP contribution is -2.27. The Bertz CT molecular complexity index is 553. The molecule has 1 aromatic rings. The lowest BCUT2D eigenvalue weighted by atomic mass is 9.97. The van der Waals surface area contributed by atoms with Crippen LogP contribution in [0.1, 0.15) is 34.5 Å². The van der Waals surface area contributed by atoms with E-state index in [0.29, 0.717) is 12.1 Å². The van der Waals surface area contributed by atoms with E-state index in [1.165, 1.54) is 14.0 Å². The molecule has 0 heterocycles. The summed E-state index contributed by atoms with van der Waals surface area (Å²) in [6.45, 7) is 1.51. The molecule has 0 amide bonds. The van der Waals surface area contributed by atoms with Crippen molar-refractivity contribution < 1.29 is 32.2 Å². The number of carbonyl (C=O) groups excluding carboxylic acids is 1. The Morgan fingerprint density at radius 2 is 1.95 bits per heavy atom. The molecular weight excluding hydrogens is 280 g/mol. The number of alkyl halides is 3. The average Bonchev–Trinajstić information content (AvgIpc) is 2.58. The van der Waals surface area contributed by atoms with Gasteiger partial charge in [0.1, 0.15) is 5.82 Å². The second-order valence-corrected chi connectivity index (χ2v) is 4.69. The molecule has 0 spiro atoms. The van der Waals surface area contributed by atoms with Crippen molar-refractivity contribution in [3.05, 3.63) is 34.6 Å². The number of ether oxygens (including phenoxy) is 1. The van der Waals surface area contributed by atoms with Crippen molar-refractivity contribution >= 4 is 5.78 Å². The summed E-state index contributed by atoms with van der Waals surface area (Å²) in [5, 5.41) is 9.98. The number of fused-ring (bicyclic) bond motifs is 1. The number of aliphatic hydroxyl groups excluding tert-OH is 1. The molecule has 110 valence electrons. The molecule has 3 atom stereocenters. The molecule has 1 aliphatic carbocycles. The van der Waals surface area contributed by atoms with Crippen LogP contribution >= 0.6 is 0 Å². The molecule has 0 aromatic heterocycles. The average molecular weight is 292 g/mol. The van der Waals surface area contributed by atoms with Crippen LogP contribution in [0.5, 0.6) is 0 Å². The topological polar surface area (TPSA) is 46.5 Å². The lowest BCUT2D eigenvalue weighted by Gasteiger charge is -2.19. The van der Waals surface area contributed by atoms with E-state index in [-0.39, 0.29) is 11.1 Å². The zero-order chi connectivity index (χ0) is 15.2. The van der Waals surface area contributed by atoms with Crippen molar-refractivity contribution in [3.8, 4) is 0 Å². The molecule has 3 unspecified atom stereocenters. The van der Waals surface area contributed by atoms with Crippen molar-refractivity contribution in [1.29, 1.82) is 0 Å². The van der Waals surface area contributed by atoms with E-state index in [4.69, 9.17) is 4.74 Å². The van der Waals surface area contributed by atoms with Crippen LogP contribution in [0.25, 0.3) is 0 Å². The minimum Gasteiger partial charge on any atom is -0.388 e. The molecule has 3 nitrogen and oxygen atoms in total. The Kier molecular flexibility index (Phi) is 3.60. The number of carbonyl (C=O) groups is 1. The molecule has 1 N–H and O–H groups in total. The number of rotatable bonds is 2. The summed E-state index contributed by atoms with van der Waals surface area (Å²) in [6.07, 6.45) is -6.96. The smallest absolute Gasteiger partial charge is 0.388 e. The van der Waals surface area contributed by atoms with E-state index in [1.807, 2.05) is 0 Å². The summed E-state index contributed by atoms with van der Waals surface area (Å²) in [6, 6.07) is 1.03. The van der Waals surface area contributed by atoms with Crippen LogP contribution in [0.2, 0.25) is 0 Å². The van der Waals surface area contributed by atoms with Gasteiger partial charge in [-0.15, -0.1) is 0 Å². The zero-order valence-corrected chi connectivity index (χ0v) is 10.7. The third-order valence-electron chi connectivity index (χ3n) is 3.55. The zero-order valence-electron chi connectivity index (χ0n) is 10.7. The molecule has 2 rings (SSSR count). The molecular formula is C13H12F4O3. The maximum atomic E-state index is 13.5. The minimum absolute atomic E-state index is 0.130. The van der Waals surface area contributed by atoms with E-state index in [2.05, 4.69) is 0 Å². The summed E-state index contributed by atoms with van der Waals surface area (Å²) in [7, 11) is 1.31. The number of benzene rings is 1. The van der Waals surface area contributed by atoms with Gasteiger partial charge in [-0.1, -0.05) is 0 Å². The van der Waals surface area contributed by atoms with Gasteiger partial charge >= 0.3 is 6.18 Å². The first-order valence-corrected chi connectivity index (χ1v) is 5.84. The highest BCUT2D eigenvalue weighted by atomic mass is 19.4. The molecule has 0 aliphatic heterocycles. The lowest BCUT2D eigenvalue weighted by molar-refractivity contribution is -0.140. The van der Waals surface area contributed by atoms with Crippen LogP contribution in [0.15, 0.2) is 12.1 Å². The predicted molar refractivity (Wildman–Crippen MR) is 60.7 cm³/mol. The third kappa shape index (κ3) is 2.20. The molecule has 0 radical (unpaired) electrons. The van der Waals surface area contributed by atoms with E-state index in [9.17, 15) is 27.5 Å². The Hall–Kier alpha value is -1.47. The molecule has 0 fully saturated rings. The Labute approximate surface area is 112 Å². The van der Waals surface area contributed by atoms with Crippen LogP contribution in [-0.4, -0.2) is 24.1 Å². The summed E-state index contributed by atoms with van der Waals surface area (Å²) in [4.78, 5) is 12.1. The van der Waals surface area contributed by atoms with Gasteiger partial charge in [0.15, 0.2) is 5.78 Å². The quantitative estimate of drug-likeness (QED) is 0.853. The van der Waals surface area contributed by atoms with Gasteiger partial charge in [-0.2, -0.15) is 13.2 Å². The minimum atomic E-state index is -4.89. The fourth-order valence-corrected chi connectivity index (χ4v) is 2.40. The Morgan fingerprint density at radius 1 is 1.35 bits per heavy atom. The maximum absolute atomic E-state index is 13.5. The normalized spacial score (nSPS) is 23.9. The van der Waals surface area contributed by atoms with Crippen molar-refractivity contribution in [3.63, 3.8) is 0 Å². The highest BCUT2D eigenvalue weighted by molar-refractivity contribution is 6.03. The molecule has 0 saturated carbocycles. The SMILES string of the molecule is COC(C)C1C(=O)c2cc(C(F)(F)F)c(F)cc2C1O. The number of methoxy groups -OCH3 is 1. The number of halogens is 4. The van der Waals surface area contributed by atoms with Crippen molar-refractivity contribution in [1.82, 2.24) is 0 Å². The highest BCUT2D eigenvalue weighted by Gasteiger charge is 2.45. The summed E-state index contributed by atoms with van der Waals surface area (Å²) >= 11 is 0. The van der Waals surface area contributed by atoms with Gasteiger partial charge in [-0.25, -0.2) is 4.39 Å². The first kappa shape index (κ1) is 14.9. The first-order valence-electron chi connectivity index (χ1n) is 5.84. The van der Waals surface area contributed by atoms with Crippen LogP contribution in [0.3, 0.4) is 0 Å². The monoisotopic (exact) mass is 292 g/mol.